The number of rotatable bonds is 7. The van der Waals surface area contributed by atoms with Gasteiger partial charge < -0.3 is 14.6 Å². The van der Waals surface area contributed by atoms with Crippen molar-refractivity contribution in [3.63, 3.8) is 0 Å². The highest BCUT2D eigenvalue weighted by Crippen LogP contribution is 2.24. The van der Waals surface area contributed by atoms with Crippen molar-refractivity contribution in [3.05, 3.63) is 58.5 Å². The molecule has 5 nitrogen and oxygen atoms in total. The lowest BCUT2D eigenvalue weighted by Gasteiger charge is -2.19. The summed E-state index contributed by atoms with van der Waals surface area (Å²) in [5.41, 5.74) is 1.95. The summed E-state index contributed by atoms with van der Waals surface area (Å²) in [6.45, 7) is 9.47. The molecule has 0 radical (unpaired) electrons. The lowest BCUT2D eigenvalue weighted by molar-refractivity contribution is -0.116. The fourth-order valence-corrected chi connectivity index (χ4v) is 2.55. The average molecular weight is 356 g/mol. The molecule has 0 aliphatic heterocycles. The van der Waals surface area contributed by atoms with Crippen LogP contribution < -0.4 is 15.6 Å². The van der Waals surface area contributed by atoms with Crippen LogP contribution in [0.5, 0.6) is 5.75 Å². The zero-order chi connectivity index (χ0) is 19.2. The minimum Gasteiger partial charge on any atom is -0.494 e. The van der Waals surface area contributed by atoms with E-state index in [1.165, 1.54) is 11.6 Å². The number of ether oxygens (including phenoxy) is 1. The minimum atomic E-state index is -0.0852. The molecule has 5 heteroatoms. The van der Waals surface area contributed by atoms with Gasteiger partial charge in [0, 0.05) is 25.2 Å². The van der Waals surface area contributed by atoms with Gasteiger partial charge in [-0.3, -0.25) is 9.59 Å². The quantitative estimate of drug-likeness (QED) is 0.764. The van der Waals surface area contributed by atoms with Crippen molar-refractivity contribution in [1.82, 2.24) is 4.57 Å². The van der Waals surface area contributed by atoms with Crippen LogP contribution >= 0.6 is 0 Å². The summed E-state index contributed by atoms with van der Waals surface area (Å²) in [7, 11) is 0. The van der Waals surface area contributed by atoms with E-state index in [4.69, 9.17) is 4.74 Å². The lowest BCUT2D eigenvalue weighted by atomic mass is 9.87. The van der Waals surface area contributed by atoms with Crippen LogP contribution in [-0.2, 0) is 16.8 Å². The maximum absolute atomic E-state index is 12.0. The molecule has 1 heterocycles. The van der Waals surface area contributed by atoms with Crippen molar-refractivity contribution in [2.45, 2.75) is 52.5 Å². The molecule has 0 aliphatic carbocycles. The summed E-state index contributed by atoms with van der Waals surface area (Å²) in [5.74, 6) is 0.728. The third-order valence-electron chi connectivity index (χ3n) is 4.15. The van der Waals surface area contributed by atoms with E-state index in [0.29, 0.717) is 31.7 Å². The molecule has 2 aromatic rings. The molecule has 1 N–H and O–H groups in total. The van der Waals surface area contributed by atoms with Gasteiger partial charge in [-0.25, -0.2) is 0 Å². The Morgan fingerprint density at radius 3 is 2.42 bits per heavy atom. The van der Waals surface area contributed by atoms with Crippen molar-refractivity contribution < 1.29 is 9.53 Å². The molecule has 140 valence electrons. The maximum Gasteiger partial charge on any atom is 0.250 e. The van der Waals surface area contributed by atoms with Crippen LogP contribution in [0.3, 0.4) is 0 Å². The molecule has 0 unspecified atom stereocenters. The maximum atomic E-state index is 12.0. The minimum absolute atomic E-state index is 0.0728. The van der Waals surface area contributed by atoms with Crippen molar-refractivity contribution in [2.24, 2.45) is 0 Å². The fourth-order valence-electron chi connectivity index (χ4n) is 2.55. The first-order chi connectivity index (χ1) is 12.3. The number of nitrogens with zero attached hydrogens (tertiary/aromatic N) is 1. The van der Waals surface area contributed by atoms with Crippen LogP contribution in [0.25, 0.3) is 0 Å². The Morgan fingerprint density at radius 1 is 1.12 bits per heavy atom. The highest BCUT2D eigenvalue weighted by Gasteiger charge is 2.13. The third-order valence-corrected chi connectivity index (χ3v) is 4.15. The summed E-state index contributed by atoms with van der Waals surface area (Å²) in [6.07, 6.45) is 2.65. The number of anilines is 1. The van der Waals surface area contributed by atoms with Crippen LogP contribution in [-0.4, -0.2) is 17.1 Å². The average Bonchev–Trinajstić information content (AvgIpc) is 2.60. The monoisotopic (exact) mass is 356 g/mol. The number of amides is 1. The predicted octanol–water partition coefficient (Wildman–Crippen LogP) is 3.96. The Morgan fingerprint density at radius 2 is 1.81 bits per heavy atom. The van der Waals surface area contributed by atoms with Gasteiger partial charge in [-0.05, 0) is 42.5 Å². The largest absolute Gasteiger partial charge is 0.494 e. The van der Waals surface area contributed by atoms with E-state index in [2.05, 4.69) is 38.2 Å². The van der Waals surface area contributed by atoms with Crippen molar-refractivity contribution in [1.29, 1.82) is 0 Å². The first-order valence-corrected chi connectivity index (χ1v) is 9.03. The van der Waals surface area contributed by atoms with E-state index in [9.17, 15) is 9.59 Å². The zero-order valence-electron chi connectivity index (χ0n) is 16.0. The van der Waals surface area contributed by atoms with E-state index < -0.39 is 0 Å². The number of aryl methyl sites for hydroxylation is 1. The van der Waals surface area contributed by atoms with Crippen LogP contribution in [0, 0.1) is 0 Å². The molecule has 0 saturated carbocycles. The van der Waals surface area contributed by atoms with E-state index in [0.717, 1.165) is 5.75 Å². The number of pyridine rings is 1. The number of aromatic nitrogens is 1. The van der Waals surface area contributed by atoms with E-state index in [1.54, 1.807) is 16.8 Å². The molecule has 0 spiro atoms. The van der Waals surface area contributed by atoms with Gasteiger partial charge in [0.2, 0.25) is 5.91 Å². The zero-order valence-corrected chi connectivity index (χ0v) is 16.0. The van der Waals surface area contributed by atoms with Crippen LogP contribution in [0.4, 0.5) is 5.69 Å². The van der Waals surface area contributed by atoms with Gasteiger partial charge in [0.25, 0.3) is 5.56 Å². The number of nitrogens with one attached hydrogen (secondary N) is 1. The normalized spacial score (nSPS) is 11.2. The number of hydrogen-bond acceptors (Lipinski definition) is 3. The summed E-state index contributed by atoms with van der Waals surface area (Å²) >= 11 is 0. The highest BCUT2D eigenvalue weighted by molar-refractivity contribution is 5.90. The van der Waals surface area contributed by atoms with Gasteiger partial charge in [0.05, 0.1) is 12.3 Å². The molecule has 0 atom stereocenters. The number of carbonyl (C=O) groups excluding carboxylic acids is 1. The molecular formula is C21H28N2O3. The van der Waals surface area contributed by atoms with Crippen LogP contribution in [0.1, 0.15) is 46.1 Å². The Kier molecular flexibility index (Phi) is 6.61. The highest BCUT2D eigenvalue weighted by atomic mass is 16.5. The Labute approximate surface area is 155 Å². The number of carbonyl (C=O) groups is 1. The second kappa shape index (κ2) is 8.70. The number of benzene rings is 1. The first-order valence-electron chi connectivity index (χ1n) is 9.03. The Bertz CT molecular complexity index is 786. The van der Waals surface area contributed by atoms with Crippen molar-refractivity contribution >= 4 is 11.6 Å². The standard InChI is InChI=1S/C21H28N2O3/c1-5-23-15-17(10-13-20(23)25)22-19(24)7-6-14-26-18-11-8-16(9-12-18)21(2,3)4/h8-13,15H,5-7,14H2,1-4H3,(H,22,24). The van der Waals surface area contributed by atoms with Crippen molar-refractivity contribution in [2.75, 3.05) is 11.9 Å². The smallest absolute Gasteiger partial charge is 0.250 e. The van der Waals surface area contributed by atoms with Gasteiger partial charge in [0.1, 0.15) is 5.75 Å². The van der Waals surface area contributed by atoms with E-state index >= 15 is 0 Å². The second-order valence-corrected chi connectivity index (χ2v) is 7.32. The Balaban J connectivity index is 1.76. The lowest BCUT2D eigenvalue weighted by Crippen LogP contribution is -2.19. The molecule has 26 heavy (non-hydrogen) atoms. The molecule has 0 bridgehead atoms. The van der Waals surface area contributed by atoms with Gasteiger partial charge >= 0.3 is 0 Å². The first kappa shape index (κ1) is 19.8. The molecule has 2 rings (SSSR count). The SMILES string of the molecule is CCn1cc(NC(=O)CCCOc2ccc(C(C)(C)C)cc2)ccc1=O. The third kappa shape index (κ3) is 5.76. The van der Waals surface area contributed by atoms with Crippen molar-refractivity contribution in [3.8, 4) is 5.75 Å². The van der Waals surface area contributed by atoms with Gasteiger partial charge in [-0.2, -0.15) is 0 Å². The molecule has 0 fully saturated rings. The molecule has 0 saturated heterocycles. The molecule has 0 aliphatic rings. The van der Waals surface area contributed by atoms with Gasteiger partial charge in [-0.15, -0.1) is 0 Å². The summed E-state index contributed by atoms with van der Waals surface area (Å²) < 4.78 is 7.26. The number of hydrogen-bond donors (Lipinski definition) is 1. The van der Waals surface area contributed by atoms with Crippen LogP contribution in [0.2, 0.25) is 0 Å². The predicted molar refractivity (Wildman–Crippen MR) is 105 cm³/mol. The fraction of sp³-hybridized carbons (Fsp3) is 0.429. The topological polar surface area (TPSA) is 60.3 Å². The molecule has 1 aromatic carbocycles. The summed E-state index contributed by atoms with van der Waals surface area (Å²) in [4.78, 5) is 23.6. The molecule has 1 aromatic heterocycles. The van der Waals surface area contributed by atoms with Gasteiger partial charge in [0.15, 0.2) is 0 Å². The van der Waals surface area contributed by atoms with Crippen LogP contribution in [0.15, 0.2) is 47.4 Å². The van der Waals surface area contributed by atoms with E-state index in [-0.39, 0.29) is 16.9 Å². The summed E-state index contributed by atoms with van der Waals surface area (Å²) in [6, 6.07) is 11.2. The second-order valence-electron chi connectivity index (χ2n) is 7.32. The summed E-state index contributed by atoms with van der Waals surface area (Å²) in [5, 5.41) is 2.81. The molecular weight excluding hydrogens is 328 g/mol. The Hall–Kier alpha value is -2.56. The van der Waals surface area contributed by atoms with Gasteiger partial charge in [-0.1, -0.05) is 32.9 Å². The van der Waals surface area contributed by atoms with E-state index in [1.807, 2.05) is 19.1 Å². The molecule has 1 amide bonds.